The average Bonchev–Trinajstić information content (AvgIpc) is 2.41. The molecule has 0 saturated carbocycles. The summed E-state index contributed by atoms with van der Waals surface area (Å²) in [7, 11) is 0. The van der Waals surface area contributed by atoms with Crippen LogP contribution in [0.5, 0.6) is 0 Å². The summed E-state index contributed by atoms with van der Waals surface area (Å²) in [5, 5.41) is 10.3. The van der Waals surface area contributed by atoms with E-state index in [1.54, 1.807) is 6.92 Å². The lowest BCUT2D eigenvalue weighted by Gasteiger charge is -2.24. The normalized spacial score (nSPS) is 19.7. The summed E-state index contributed by atoms with van der Waals surface area (Å²) in [6.07, 6.45) is 0. The van der Waals surface area contributed by atoms with Crippen molar-refractivity contribution in [3.8, 4) is 11.8 Å². The number of morpholine rings is 1. The maximum atomic E-state index is 10.3. The van der Waals surface area contributed by atoms with Crippen molar-refractivity contribution < 1.29 is 9.84 Å². The van der Waals surface area contributed by atoms with Crippen LogP contribution in [0.15, 0.2) is 30.3 Å². The molecule has 1 fully saturated rings. The molecule has 18 heavy (non-hydrogen) atoms. The minimum Gasteiger partial charge on any atom is -0.379 e. The van der Waals surface area contributed by atoms with Crippen molar-refractivity contribution in [1.29, 1.82) is 0 Å². The van der Waals surface area contributed by atoms with Crippen LogP contribution in [-0.2, 0) is 10.3 Å². The lowest BCUT2D eigenvalue weighted by Crippen LogP contribution is -2.36. The molecule has 1 aliphatic heterocycles. The van der Waals surface area contributed by atoms with Crippen molar-refractivity contribution in [3.05, 3.63) is 35.9 Å². The number of rotatable bonds is 2. The van der Waals surface area contributed by atoms with Gasteiger partial charge in [-0.2, -0.15) is 0 Å². The lowest BCUT2D eigenvalue weighted by molar-refractivity contribution is 0.0442. The van der Waals surface area contributed by atoms with Gasteiger partial charge >= 0.3 is 0 Å². The van der Waals surface area contributed by atoms with Crippen LogP contribution in [0, 0.1) is 11.8 Å². The maximum absolute atomic E-state index is 10.3. The number of benzene rings is 1. The third-order valence-corrected chi connectivity index (χ3v) is 3.07. The molecule has 0 radical (unpaired) electrons. The van der Waals surface area contributed by atoms with Gasteiger partial charge in [0.05, 0.1) is 19.8 Å². The average molecular weight is 245 g/mol. The van der Waals surface area contributed by atoms with Gasteiger partial charge < -0.3 is 9.84 Å². The van der Waals surface area contributed by atoms with E-state index in [0.29, 0.717) is 6.54 Å². The SMILES string of the molecule is C[C@](O)(C#CCN1CCOCC1)c1ccccc1. The van der Waals surface area contributed by atoms with Gasteiger partial charge in [0.25, 0.3) is 0 Å². The molecule has 2 rings (SSSR count). The van der Waals surface area contributed by atoms with Crippen LogP contribution in [-0.4, -0.2) is 42.9 Å². The first-order valence-electron chi connectivity index (χ1n) is 6.26. The molecular weight excluding hydrogens is 226 g/mol. The predicted octanol–water partition coefficient (Wildman–Crippen LogP) is 1.23. The topological polar surface area (TPSA) is 32.7 Å². The molecule has 0 aliphatic carbocycles. The zero-order valence-corrected chi connectivity index (χ0v) is 10.7. The zero-order chi connectivity index (χ0) is 12.8. The van der Waals surface area contributed by atoms with Crippen molar-refractivity contribution in [2.45, 2.75) is 12.5 Å². The molecule has 3 heteroatoms. The Morgan fingerprint density at radius 1 is 1.28 bits per heavy atom. The van der Waals surface area contributed by atoms with Crippen molar-refractivity contribution >= 4 is 0 Å². The highest BCUT2D eigenvalue weighted by Gasteiger charge is 2.19. The molecule has 3 nitrogen and oxygen atoms in total. The first kappa shape index (κ1) is 13.1. The molecule has 1 N–H and O–H groups in total. The van der Waals surface area contributed by atoms with Gasteiger partial charge in [0.2, 0.25) is 0 Å². The second-order valence-corrected chi connectivity index (χ2v) is 4.63. The predicted molar refractivity (Wildman–Crippen MR) is 71.0 cm³/mol. The van der Waals surface area contributed by atoms with Crippen LogP contribution >= 0.6 is 0 Å². The molecule has 96 valence electrons. The summed E-state index contributed by atoms with van der Waals surface area (Å²) in [6.45, 7) is 5.80. The Hall–Kier alpha value is -1.34. The quantitative estimate of drug-likeness (QED) is 0.796. The van der Waals surface area contributed by atoms with Gasteiger partial charge in [-0.1, -0.05) is 42.2 Å². The van der Waals surface area contributed by atoms with E-state index in [2.05, 4.69) is 16.7 Å². The van der Waals surface area contributed by atoms with Crippen molar-refractivity contribution in [1.82, 2.24) is 4.90 Å². The largest absolute Gasteiger partial charge is 0.379 e. The molecule has 1 saturated heterocycles. The van der Waals surface area contributed by atoms with E-state index in [1.807, 2.05) is 30.3 Å². The Morgan fingerprint density at radius 3 is 2.61 bits per heavy atom. The molecule has 0 spiro atoms. The Balaban J connectivity index is 1.95. The van der Waals surface area contributed by atoms with Crippen molar-refractivity contribution in [3.63, 3.8) is 0 Å². The van der Waals surface area contributed by atoms with Crippen LogP contribution in [0.4, 0.5) is 0 Å². The maximum Gasteiger partial charge on any atom is 0.148 e. The van der Waals surface area contributed by atoms with Crippen LogP contribution in [0.2, 0.25) is 0 Å². The van der Waals surface area contributed by atoms with Gasteiger partial charge in [0, 0.05) is 13.1 Å². The van der Waals surface area contributed by atoms with E-state index < -0.39 is 5.60 Å². The van der Waals surface area contributed by atoms with Gasteiger partial charge in [-0.25, -0.2) is 0 Å². The fourth-order valence-corrected chi connectivity index (χ4v) is 1.92. The highest BCUT2D eigenvalue weighted by Crippen LogP contribution is 2.18. The summed E-state index contributed by atoms with van der Waals surface area (Å²) in [4.78, 5) is 2.23. The summed E-state index contributed by atoms with van der Waals surface area (Å²) >= 11 is 0. The first-order chi connectivity index (χ1) is 8.68. The summed E-state index contributed by atoms with van der Waals surface area (Å²) in [5.74, 6) is 6.01. The molecule has 1 aromatic carbocycles. The van der Waals surface area contributed by atoms with Gasteiger partial charge in [0.15, 0.2) is 0 Å². The molecule has 1 atom stereocenters. The third kappa shape index (κ3) is 3.58. The Kier molecular flexibility index (Phi) is 4.38. The number of ether oxygens (including phenoxy) is 1. The van der Waals surface area contributed by atoms with Crippen LogP contribution in [0.3, 0.4) is 0 Å². The van der Waals surface area contributed by atoms with Crippen LogP contribution in [0.25, 0.3) is 0 Å². The molecular formula is C15H19NO2. The van der Waals surface area contributed by atoms with E-state index in [9.17, 15) is 5.11 Å². The lowest BCUT2D eigenvalue weighted by atomic mass is 9.97. The van der Waals surface area contributed by atoms with Crippen molar-refractivity contribution in [2.75, 3.05) is 32.8 Å². The van der Waals surface area contributed by atoms with E-state index in [0.717, 1.165) is 31.9 Å². The summed E-state index contributed by atoms with van der Waals surface area (Å²) in [6, 6.07) is 9.54. The van der Waals surface area contributed by atoms with Gasteiger partial charge in [-0.15, -0.1) is 0 Å². The summed E-state index contributed by atoms with van der Waals surface area (Å²) in [5.41, 5.74) is -0.243. The third-order valence-electron chi connectivity index (χ3n) is 3.07. The van der Waals surface area contributed by atoms with Crippen LogP contribution in [0.1, 0.15) is 12.5 Å². The minimum atomic E-state index is -1.08. The summed E-state index contributed by atoms with van der Waals surface area (Å²) < 4.78 is 5.28. The van der Waals surface area contributed by atoms with E-state index in [1.165, 1.54) is 0 Å². The van der Waals surface area contributed by atoms with Gasteiger partial charge in [0.1, 0.15) is 5.60 Å². The van der Waals surface area contributed by atoms with E-state index in [4.69, 9.17) is 4.74 Å². The Bertz CT molecular complexity index is 425. The van der Waals surface area contributed by atoms with Gasteiger partial charge in [-0.05, 0) is 12.5 Å². The fourth-order valence-electron chi connectivity index (χ4n) is 1.92. The van der Waals surface area contributed by atoms with E-state index >= 15 is 0 Å². The fraction of sp³-hybridized carbons (Fsp3) is 0.467. The number of hydrogen-bond donors (Lipinski definition) is 1. The van der Waals surface area contributed by atoms with Crippen molar-refractivity contribution in [2.24, 2.45) is 0 Å². The molecule has 1 aliphatic rings. The standard InChI is InChI=1S/C15H19NO2/c1-15(17,14-6-3-2-4-7-14)8-5-9-16-10-12-18-13-11-16/h2-4,6-7,17H,9-13H2,1H3/t15-/m0/s1. The minimum absolute atomic E-state index is 0.687. The zero-order valence-electron chi connectivity index (χ0n) is 10.7. The highest BCUT2D eigenvalue weighted by atomic mass is 16.5. The Labute approximate surface area is 108 Å². The molecule has 1 aromatic rings. The second-order valence-electron chi connectivity index (χ2n) is 4.63. The van der Waals surface area contributed by atoms with Crippen LogP contribution < -0.4 is 0 Å². The highest BCUT2D eigenvalue weighted by molar-refractivity contribution is 5.30. The molecule has 0 unspecified atom stereocenters. The molecule has 0 aromatic heterocycles. The molecule has 0 bridgehead atoms. The number of hydrogen-bond acceptors (Lipinski definition) is 3. The Morgan fingerprint density at radius 2 is 1.94 bits per heavy atom. The first-order valence-corrected chi connectivity index (χ1v) is 6.26. The number of nitrogens with zero attached hydrogens (tertiary/aromatic N) is 1. The smallest absolute Gasteiger partial charge is 0.148 e. The molecule has 1 heterocycles. The second kappa shape index (κ2) is 6.01. The monoisotopic (exact) mass is 245 g/mol. The molecule has 0 amide bonds. The number of aliphatic hydroxyl groups is 1. The van der Waals surface area contributed by atoms with E-state index in [-0.39, 0.29) is 0 Å². The van der Waals surface area contributed by atoms with Gasteiger partial charge in [-0.3, -0.25) is 4.90 Å².